The van der Waals surface area contributed by atoms with Crippen LogP contribution in [0.4, 0.5) is 5.69 Å². The van der Waals surface area contributed by atoms with Gasteiger partial charge < -0.3 is 5.11 Å². The second-order valence-electron chi connectivity index (χ2n) is 8.46. The van der Waals surface area contributed by atoms with Crippen molar-refractivity contribution in [3.8, 4) is 5.69 Å². The van der Waals surface area contributed by atoms with Crippen LogP contribution in [-0.4, -0.2) is 47.5 Å². The third-order valence-electron chi connectivity index (χ3n) is 5.95. The Labute approximate surface area is 224 Å². The second kappa shape index (κ2) is 11.2. The van der Waals surface area contributed by atoms with E-state index in [-0.39, 0.29) is 16.1 Å². The molecular weight excluding hydrogens is 522 g/mol. The van der Waals surface area contributed by atoms with Crippen molar-refractivity contribution in [1.29, 1.82) is 0 Å². The third kappa shape index (κ3) is 5.65. The van der Waals surface area contributed by atoms with Gasteiger partial charge in [0.1, 0.15) is 12.2 Å². The van der Waals surface area contributed by atoms with Gasteiger partial charge in [-0.2, -0.15) is 5.10 Å². The normalized spacial score (nSPS) is 11.4. The minimum atomic E-state index is -4.33. The number of carboxylic acid groups (broad SMARTS) is 1. The molecule has 0 atom stereocenters. The van der Waals surface area contributed by atoms with Crippen LogP contribution in [0.15, 0.2) is 99.7 Å². The maximum absolute atomic E-state index is 13.7. The van der Waals surface area contributed by atoms with E-state index in [1.165, 1.54) is 52.0 Å². The number of nitrogens with zero attached hydrogens (tertiary/aromatic N) is 4. The molecule has 4 rings (SSSR count). The first-order valence-corrected chi connectivity index (χ1v) is 13.1. The van der Waals surface area contributed by atoms with Gasteiger partial charge in [-0.3, -0.25) is 14.3 Å². The lowest BCUT2D eigenvalue weighted by atomic mass is 10.1. The van der Waals surface area contributed by atoms with Crippen molar-refractivity contribution in [2.24, 2.45) is 12.1 Å². The van der Waals surface area contributed by atoms with E-state index in [0.717, 1.165) is 4.31 Å². The molecule has 1 amide bonds. The van der Waals surface area contributed by atoms with Crippen molar-refractivity contribution >= 4 is 33.8 Å². The summed E-state index contributed by atoms with van der Waals surface area (Å²) < 4.78 is 31.1. The van der Waals surface area contributed by atoms with Crippen LogP contribution in [0.25, 0.3) is 5.69 Å². The predicted octanol–water partition coefficient (Wildman–Crippen LogP) is 2.53. The Morgan fingerprint density at radius 2 is 1.56 bits per heavy atom. The molecule has 39 heavy (non-hydrogen) atoms. The van der Waals surface area contributed by atoms with E-state index in [1.807, 2.05) is 0 Å². The zero-order chi connectivity index (χ0) is 28.2. The summed E-state index contributed by atoms with van der Waals surface area (Å²) in [7, 11) is -2.71. The van der Waals surface area contributed by atoms with E-state index in [9.17, 15) is 22.8 Å². The van der Waals surface area contributed by atoms with Crippen LogP contribution in [0.1, 0.15) is 21.6 Å². The number of hydrazone groups is 1. The number of carbonyl (C=O) groups is 2. The SMILES string of the molecule is Cc1c(N(CC(=O)N/N=C\c2ccc(C(=O)O)cc2)S(=O)(=O)c2ccccc2)c(=O)n(-c2ccccc2)n1C. The molecule has 0 aliphatic heterocycles. The number of rotatable bonds is 9. The molecule has 0 aliphatic carbocycles. The highest BCUT2D eigenvalue weighted by atomic mass is 32.2. The Morgan fingerprint density at radius 3 is 2.15 bits per heavy atom. The van der Waals surface area contributed by atoms with Crippen molar-refractivity contribution in [3.63, 3.8) is 0 Å². The number of benzene rings is 3. The van der Waals surface area contributed by atoms with Gasteiger partial charge in [0.15, 0.2) is 0 Å². The first-order chi connectivity index (χ1) is 18.6. The fourth-order valence-electron chi connectivity index (χ4n) is 3.90. The lowest BCUT2D eigenvalue weighted by molar-refractivity contribution is -0.119. The summed E-state index contributed by atoms with van der Waals surface area (Å²) in [5.41, 5.74) is 2.96. The molecule has 0 spiro atoms. The number of aromatic nitrogens is 2. The molecular formula is C27H25N5O6S. The molecule has 0 aliphatic rings. The Bertz CT molecular complexity index is 1690. The van der Waals surface area contributed by atoms with Crippen molar-refractivity contribution in [2.75, 3.05) is 10.8 Å². The van der Waals surface area contributed by atoms with E-state index in [0.29, 0.717) is 16.9 Å². The first-order valence-electron chi connectivity index (χ1n) is 11.7. The highest BCUT2D eigenvalue weighted by Gasteiger charge is 2.33. The van der Waals surface area contributed by atoms with Crippen LogP contribution in [0.2, 0.25) is 0 Å². The maximum atomic E-state index is 13.7. The zero-order valence-electron chi connectivity index (χ0n) is 21.1. The van der Waals surface area contributed by atoms with Gasteiger partial charge in [-0.25, -0.2) is 27.6 Å². The number of carboxylic acids is 1. The molecule has 0 fully saturated rings. The van der Waals surface area contributed by atoms with E-state index < -0.39 is 34.0 Å². The van der Waals surface area contributed by atoms with E-state index >= 15 is 0 Å². The molecule has 3 aromatic carbocycles. The van der Waals surface area contributed by atoms with Crippen molar-refractivity contribution in [1.82, 2.24) is 14.8 Å². The average Bonchev–Trinajstić information content (AvgIpc) is 3.15. The van der Waals surface area contributed by atoms with E-state index in [4.69, 9.17) is 5.11 Å². The van der Waals surface area contributed by atoms with Crippen LogP contribution in [-0.2, 0) is 21.9 Å². The molecule has 1 aromatic heterocycles. The summed E-state index contributed by atoms with van der Waals surface area (Å²) in [6.07, 6.45) is 1.29. The van der Waals surface area contributed by atoms with E-state index in [2.05, 4.69) is 10.5 Å². The number of hydrogen-bond donors (Lipinski definition) is 2. The summed E-state index contributed by atoms with van der Waals surface area (Å²) in [5.74, 6) is -1.86. The summed E-state index contributed by atoms with van der Waals surface area (Å²) in [4.78, 5) is 37.4. The van der Waals surface area contributed by atoms with Crippen LogP contribution in [0.3, 0.4) is 0 Å². The number of aromatic carboxylic acids is 1. The molecule has 0 unspecified atom stereocenters. The number of carbonyl (C=O) groups excluding carboxylic acids is 1. The standard InChI is InChI=1S/C27H25N5O6S/c1-19-25(26(34)32(30(19)2)22-9-5-3-6-10-22)31(39(37,38)23-11-7-4-8-12-23)18-24(33)29-28-17-20-13-15-21(16-14-20)27(35)36/h3-17H,18H2,1-2H3,(H,29,33)(H,35,36)/b28-17-. The van der Waals surface area contributed by atoms with Crippen LogP contribution in [0, 0.1) is 6.92 Å². The Balaban J connectivity index is 1.69. The Morgan fingerprint density at radius 1 is 0.974 bits per heavy atom. The van der Waals surface area contributed by atoms with E-state index in [1.54, 1.807) is 62.5 Å². The summed E-state index contributed by atoms with van der Waals surface area (Å²) in [6.45, 7) is 0.877. The maximum Gasteiger partial charge on any atom is 0.335 e. The molecule has 0 saturated carbocycles. The number of hydrogen-bond acceptors (Lipinski definition) is 6. The molecule has 11 nitrogen and oxygen atoms in total. The number of anilines is 1. The van der Waals surface area contributed by atoms with Gasteiger partial charge in [-0.05, 0) is 48.9 Å². The second-order valence-corrected chi connectivity index (χ2v) is 10.3. The average molecular weight is 548 g/mol. The monoisotopic (exact) mass is 547 g/mol. The number of nitrogens with one attached hydrogen (secondary N) is 1. The Hall–Kier alpha value is -4.97. The molecule has 0 radical (unpaired) electrons. The summed E-state index contributed by atoms with van der Waals surface area (Å²) in [5, 5.41) is 12.9. The molecule has 0 bridgehead atoms. The third-order valence-corrected chi connectivity index (χ3v) is 7.71. The van der Waals surface area contributed by atoms with Gasteiger partial charge in [0.2, 0.25) is 0 Å². The fraction of sp³-hybridized carbons (Fsp3) is 0.111. The van der Waals surface area contributed by atoms with Crippen molar-refractivity contribution in [3.05, 3.63) is 112 Å². The van der Waals surface area contributed by atoms with Crippen LogP contribution < -0.4 is 15.3 Å². The number of sulfonamides is 1. The van der Waals surface area contributed by atoms with Crippen LogP contribution >= 0.6 is 0 Å². The van der Waals surface area contributed by atoms with Crippen molar-refractivity contribution < 1.29 is 23.1 Å². The summed E-state index contributed by atoms with van der Waals surface area (Å²) in [6, 6.07) is 22.0. The fourth-order valence-corrected chi connectivity index (χ4v) is 5.39. The lowest BCUT2D eigenvalue weighted by Crippen LogP contribution is -2.42. The highest BCUT2D eigenvalue weighted by Crippen LogP contribution is 2.25. The molecule has 4 aromatic rings. The summed E-state index contributed by atoms with van der Waals surface area (Å²) >= 11 is 0. The van der Waals surface area contributed by atoms with Gasteiger partial charge in [0.05, 0.1) is 28.1 Å². The number of para-hydroxylation sites is 1. The minimum Gasteiger partial charge on any atom is -0.478 e. The van der Waals surface area contributed by atoms with Gasteiger partial charge in [-0.1, -0.05) is 48.5 Å². The lowest BCUT2D eigenvalue weighted by Gasteiger charge is -2.22. The van der Waals surface area contributed by atoms with Crippen molar-refractivity contribution in [2.45, 2.75) is 11.8 Å². The first kappa shape index (κ1) is 27.1. The van der Waals surface area contributed by atoms with Gasteiger partial charge >= 0.3 is 5.97 Å². The predicted molar refractivity (Wildman–Crippen MR) is 146 cm³/mol. The zero-order valence-corrected chi connectivity index (χ0v) is 21.9. The highest BCUT2D eigenvalue weighted by molar-refractivity contribution is 7.92. The molecule has 2 N–H and O–H groups in total. The molecule has 200 valence electrons. The Kier molecular flexibility index (Phi) is 7.77. The minimum absolute atomic E-state index is 0.0891. The molecule has 0 saturated heterocycles. The molecule has 12 heteroatoms. The van der Waals surface area contributed by atoms with Gasteiger partial charge in [0.25, 0.3) is 21.5 Å². The topological polar surface area (TPSA) is 143 Å². The van der Waals surface area contributed by atoms with Gasteiger partial charge in [0, 0.05) is 7.05 Å². The smallest absolute Gasteiger partial charge is 0.335 e. The number of amides is 1. The quantitative estimate of drug-likeness (QED) is 0.244. The molecule has 1 heterocycles. The largest absolute Gasteiger partial charge is 0.478 e. The van der Waals surface area contributed by atoms with Gasteiger partial charge in [-0.15, -0.1) is 0 Å². The van der Waals surface area contributed by atoms with Crippen LogP contribution in [0.5, 0.6) is 0 Å².